The molecule has 0 saturated carbocycles. The molecule has 29 heavy (non-hydrogen) atoms. The van der Waals surface area contributed by atoms with Crippen molar-refractivity contribution in [3.05, 3.63) is 58.7 Å². The third-order valence-corrected chi connectivity index (χ3v) is 7.63. The van der Waals surface area contributed by atoms with Crippen LogP contribution in [0.1, 0.15) is 76.4 Å². The fourth-order valence-electron chi connectivity index (χ4n) is 3.73. The summed E-state index contributed by atoms with van der Waals surface area (Å²) in [7, 11) is -1.78. The molecule has 3 rings (SSSR count). The number of ether oxygens (including phenoxy) is 1. The van der Waals surface area contributed by atoms with Gasteiger partial charge in [-0.2, -0.15) is 0 Å². The maximum Gasteiger partial charge on any atom is 0.296 e. The monoisotopic (exact) mass is 416 g/mol. The van der Waals surface area contributed by atoms with Crippen LogP contribution in [0.3, 0.4) is 0 Å². The Morgan fingerprint density at radius 3 is 2.10 bits per heavy atom. The molecule has 0 fully saturated rings. The van der Waals surface area contributed by atoms with E-state index in [1.807, 2.05) is 31.2 Å². The first-order valence-electron chi connectivity index (χ1n) is 10.2. The minimum atomic E-state index is -3.42. The molecule has 0 saturated heterocycles. The lowest BCUT2D eigenvalue weighted by molar-refractivity contribution is -0.210. The Kier molecular flexibility index (Phi) is 5.77. The van der Waals surface area contributed by atoms with Crippen LogP contribution in [0.4, 0.5) is 0 Å². The zero-order valence-electron chi connectivity index (χ0n) is 18.8. The van der Waals surface area contributed by atoms with Gasteiger partial charge in [0.25, 0.3) is 7.94 Å². The highest BCUT2D eigenvalue weighted by atomic mass is 31.2. The molecule has 2 unspecified atom stereocenters. The normalized spacial score (nSPS) is 21.6. The molecule has 0 aliphatic carbocycles. The lowest BCUT2D eigenvalue weighted by Gasteiger charge is -2.28. The van der Waals surface area contributed by atoms with E-state index in [0.29, 0.717) is 12.4 Å². The first kappa shape index (κ1) is 22.1. The number of rotatable bonds is 4. The molecule has 2 aromatic carbocycles. The van der Waals surface area contributed by atoms with E-state index >= 15 is 0 Å². The molecule has 158 valence electrons. The summed E-state index contributed by atoms with van der Waals surface area (Å²) in [6, 6.07) is 12.0. The van der Waals surface area contributed by atoms with E-state index in [0.717, 1.165) is 22.4 Å². The van der Waals surface area contributed by atoms with Crippen LogP contribution in [0.15, 0.2) is 36.4 Å². The molecule has 1 heterocycles. The Labute approximate surface area is 175 Å². The van der Waals surface area contributed by atoms with Gasteiger partial charge >= 0.3 is 0 Å². The Bertz CT molecular complexity index is 877. The third-order valence-electron chi connectivity index (χ3n) is 5.36. The lowest BCUT2D eigenvalue weighted by atomic mass is 9.78. The number of fused-ring (bicyclic) bond motifs is 1. The second-order valence-corrected chi connectivity index (χ2v) is 11.7. The van der Waals surface area contributed by atoms with Gasteiger partial charge in [-0.3, -0.25) is 0 Å². The van der Waals surface area contributed by atoms with Gasteiger partial charge in [0.15, 0.2) is 11.4 Å². The third kappa shape index (κ3) is 4.17. The van der Waals surface area contributed by atoms with E-state index in [2.05, 4.69) is 53.7 Å². The number of hydrogen-bond acceptors (Lipinski definition) is 4. The van der Waals surface area contributed by atoms with Crippen LogP contribution in [-0.2, 0) is 15.4 Å². The van der Waals surface area contributed by atoms with Crippen LogP contribution in [0.5, 0.6) is 11.5 Å². The quantitative estimate of drug-likeness (QED) is 0.580. The van der Waals surface area contributed by atoms with Crippen molar-refractivity contribution in [3.8, 4) is 11.5 Å². The maximum atomic E-state index is 13.9. The van der Waals surface area contributed by atoms with Gasteiger partial charge in [0.1, 0.15) is 5.75 Å². The van der Waals surface area contributed by atoms with Crippen molar-refractivity contribution in [2.45, 2.75) is 65.0 Å². The summed E-state index contributed by atoms with van der Waals surface area (Å²) in [6.07, 6.45) is 0. The molecule has 4 nitrogen and oxygen atoms in total. The summed E-state index contributed by atoms with van der Waals surface area (Å²) in [5.41, 5.74) is 3.47. The van der Waals surface area contributed by atoms with Crippen LogP contribution >= 0.6 is 7.94 Å². The van der Waals surface area contributed by atoms with Crippen molar-refractivity contribution in [1.82, 2.24) is 0 Å². The van der Waals surface area contributed by atoms with E-state index in [9.17, 15) is 4.89 Å². The van der Waals surface area contributed by atoms with Crippen LogP contribution in [0.25, 0.3) is 0 Å². The minimum absolute atomic E-state index is 0.0440. The molecule has 1 aliphatic heterocycles. The first-order valence-corrected chi connectivity index (χ1v) is 11.8. The van der Waals surface area contributed by atoms with Crippen molar-refractivity contribution in [2.75, 3.05) is 13.7 Å². The van der Waals surface area contributed by atoms with Gasteiger partial charge in [-0.05, 0) is 41.5 Å². The molecule has 0 amide bonds. The molecular formula is C24H33O4P. The molecule has 0 N–H and O–H groups in total. The van der Waals surface area contributed by atoms with E-state index in [4.69, 9.17) is 13.8 Å². The lowest BCUT2D eigenvalue weighted by Crippen LogP contribution is -2.21. The number of methoxy groups -OCH3 is 1. The zero-order chi connectivity index (χ0) is 21.6. The van der Waals surface area contributed by atoms with Crippen LogP contribution in [0, 0.1) is 0 Å². The predicted octanol–water partition coefficient (Wildman–Crippen LogP) is 5.93. The zero-order valence-corrected chi connectivity index (χ0v) is 19.7. The largest absolute Gasteiger partial charge is 0.623 e. The van der Waals surface area contributed by atoms with Gasteiger partial charge < -0.3 is 14.2 Å². The summed E-state index contributed by atoms with van der Waals surface area (Å²) in [5, 5.41) is 0. The van der Waals surface area contributed by atoms with Crippen molar-refractivity contribution >= 4 is 7.94 Å². The Morgan fingerprint density at radius 2 is 1.62 bits per heavy atom. The molecule has 5 heteroatoms. The smallest absolute Gasteiger partial charge is 0.296 e. The van der Waals surface area contributed by atoms with Gasteiger partial charge in [-0.1, -0.05) is 59.7 Å². The van der Waals surface area contributed by atoms with Crippen LogP contribution < -0.4 is 14.2 Å². The van der Waals surface area contributed by atoms with E-state index in [-0.39, 0.29) is 10.8 Å². The van der Waals surface area contributed by atoms with Crippen molar-refractivity contribution in [2.24, 2.45) is 0 Å². The molecule has 2 atom stereocenters. The minimum Gasteiger partial charge on any atom is -0.623 e. The molecular weight excluding hydrogens is 383 g/mol. The fraction of sp³-hybridized carbons (Fsp3) is 0.500. The number of benzene rings is 2. The summed E-state index contributed by atoms with van der Waals surface area (Å²) < 4.78 is 17.3. The SMILES string of the molecule is CCO[P+]1([O-])Oc2c(cc(C(C)(C)C)cc2C(C)(C)C)C1c1ccc(OC)cc1. The predicted molar refractivity (Wildman–Crippen MR) is 118 cm³/mol. The van der Waals surface area contributed by atoms with E-state index in [1.165, 1.54) is 5.56 Å². The summed E-state index contributed by atoms with van der Waals surface area (Å²) in [4.78, 5) is 13.9. The highest BCUT2D eigenvalue weighted by molar-refractivity contribution is 7.60. The van der Waals surface area contributed by atoms with E-state index in [1.54, 1.807) is 7.11 Å². The van der Waals surface area contributed by atoms with Crippen molar-refractivity contribution in [1.29, 1.82) is 0 Å². The van der Waals surface area contributed by atoms with Crippen LogP contribution in [0.2, 0.25) is 0 Å². The standard InChI is InChI=1S/C24H33O4P/c1-9-27-29(25)22(16-10-12-18(26-8)13-11-16)19-14-17(23(2,3)4)15-20(21(19)28-29)24(5,6)7/h10-15,22H,9H2,1-8H3. The molecule has 1 aliphatic rings. The summed E-state index contributed by atoms with van der Waals surface area (Å²) >= 11 is 0. The van der Waals surface area contributed by atoms with Gasteiger partial charge in [-0.15, -0.1) is 0 Å². The fourth-order valence-corrected chi connectivity index (χ4v) is 5.92. The highest BCUT2D eigenvalue weighted by Crippen LogP contribution is 2.73. The van der Waals surface area contributed by atoms with Crippen molar-refractivity contribution < 1.29 is 18.7 Å². The Hall–Kier alpha value is -1.61. The average molecular weight is 416 g/mol. The average Bonchev–Trinajstić information content (AvgIpc) is 2.91. The van der Waals surface area contributed by atoms with Gasteiger partial charge in [0.2, 0.25) is 0 Å². The summed E-state index contributed by atoms with van der Waals surface area (Å²) in [5.74, 6) is 1.47. The highest BCUT2D eigenvalue weighted by Gasteiger charge is 2.54. The maximum absolute atomic E-state index is 13.9. The Balaban J connectivity index is 2.28. The van der Waals surface area contributed by atoms with Crippen LogP contribution in [-0.4, -0.2) is 13.7 Å². The second-order valence-electron chi connectivity index (χ2n) is 9.67. The topological polar surface area (TPSA) is 50.8 Å². The van der Waals surface area contributed by atoms with Gasteiger partial charge in [-0.25, -0.2) is 4.52 Å². The Morgan fingerprint density at radius 1 is 1.00 bits per heavy atom. The molecule has 0 bridgehead atoms. The van der Waals surface area contributed by atoms with E-state index < -0.39 is 13.6 Å². The van der Waals surface area contributed by atoms with Gasteiger partial charge in [0.05, 0.1) is 19.3 Å². The van der Waals surface area contributed by atoms with Gasteiger partial charge in [0, 0.05) is 11.1 Å². The second kappa shape index (κ2) is 7.58. The van der Waals surface area contributed by atoms with Crippen molar-refractivity contribution in [3.63, 3.8) is 0 Å². The molecule has 0 radical (unpaired) electrons. The molecule has 0 spiro atoms. The molecule has 2 aromatic rings. The summed E-state index contributed by atoms with van der Waals surface area (Å²) in [6.45, 7) is 15.2. The first-order chi connectivity index (χ1) is 13.4. The molecule has 0 aromatic heterocycles. The number of hydrogen-bond donors (Lipinski definition) is 0.